The van der Waals surface area contributed by atoms with Crippen molar-refractivity contribution in [1.82, 2.24) is 24.6 Å². The maximum atomic E-state index is 13.0. The highest BCUT2D eigenvalue weighted by Gasteiger charge is 2.36. The fraction of sp³-hybridized carbons (Fsp3) is 0.458. The molecule has 2 aliphatic heterocycles. The zero-order valence-corrected chi connectivity index (χ0v) is 18.6. The molecule has 174 valence electrons. The smallest absolute Gasteiger partial charge is 0.356 e. The lowest BCUT2D eigenvalue weighted by molar-refractivity contribution is -0.145. The molecule has 0 radical (unpaired) electrons. The summed E-state index contributed by atoms with van der Waals surface area (Å²) in [5, 5.41) is 4.90. The molecule has 9 heteroatoms. The van der Waals surface area contributed by atoms with Crippen molar-refractivity contribution in [3.8, 4) is 5.69 Å². The van der Waals surface area contributed by atoms with Gasteiger partial charge in [-0.2, -0.15) is 18.3 Å². The second-order valence-corrected chi connectivity index (χ2v) is 8.81. The first-order chi connectivity index (χ1) is 15.9. The Morgan fingerprint density at radius 2 is 1.76 bits per heavy atom. The number of rotatable bonds is 4. The van der Waals surface area contributed by atoms with E-state index in [1.54, 1.807) is 0 Å². The van der Waals surface area contributed by atoms with E-state index >= 15 is 0 Å². The van der Waals surface area contributed by atoms with Gasteiger partial charge in [-0.15, -0.1) is 0 Å². The van der Waals surface area contributed by atoms with Crippen LogP contribution in [0.1, 0.15) is 47.6 Å². The van der Waals surface area contributed by atoms with E-state index in [2.05, 4.69) is 31.9 Å². The van der Waals surface area contributed by atoms with Gasteiger partial charge < -0.3 is 4.90 Å². The molecular weight excluding hydrogens is 429 g/mol. The quantitative estimate of drug-likeness (QED) is 0.577. The summed E-state index contributed by atoms with van der Waals surface area (Å²) in [7, 11) is 0. The monoisotopic (exact) mass is 456 g/mol. The summed E-state index contributed by atoms with van der Waals surface area (Å²) in [5.41, 5.74) is 4.46. The summed E-state index contributed by atoms with van der Waals surface area (Å²) >= 11 is 0. The molecule has 0 bridgehead atoms. The molecule has 1 fully saturated rings. The van der Waals surface area contributed by atoms with Crippen molar-refractivity contribution in [2.75, 3.05) is 24.5 Å². The molecule has 3 aromatic rings. The van der Waals surface area contributed by atoms with Crippen LogP contribution in [0.25, 0.3) is 5.69 Å². The van der Waals surface area contributed by atoms with Crippen LogP contribution in [0.2, 0.25) is 0 Å². The average Bonchev–Trinajstić information content (AvgIpc) is 3.15. The number of aryl methyl sites for hydroxylation is 1. The number of fused-ring (bicyclic) bond motifs is 1. The molecule has 6 nitrogen and oxygen atoms in total. The van der Waals surface area contributed by atoms with E-state index in [1.807, 2.05) is 29.8 Å². The fourth-order valence-electron chi connectivity index (χ4n) is 4.78. The van der Waals surface area contributed by atoms with E-state index in [9.17, 15) is 13.2 Å². The molecule has 33 heavy (non-hydrogen) atoms. The third-order valence-electron chi connectivity index (χ3n) is 6.46. The first kappa shape index (κ1) is 21.9. The highest BCUT2D eigenvalue weighted by atomic mass is 19.4. The Hall–Kier alpha value is -2.94. The van der Waals surface area contributed by atoms with Crippen LogP contribution in [-0.4, -0.2) is 44.3 Å². The van der Waals surface area contributed by atoms with Crippen molar-refractivity contribution in [1.29, 1.82) is 0 Å². The fourth-order valence-corrected chi connectivity index (χ4v) is 4.78. The van der Waals surface area contributed by atoms with Crippen LogP contribution in [0.3, 0.4) is 0 Å². The summed E-state index contributed by atoms with van der Waals surface area (Å²) in [5.74, 6) is 0.0786. The lowest BCUT2D eigenvalue weighted by Gasteiger charge is -2.32. The Labute approximate surface area is 191 Å². The van der Waals surface area contributed by atoms with Crippen molar-refractivity contribution < 1.29 is 13.2 Å². The van der Waals surface area contributed by atoms with Crippen molar-refractivity contribution in [3.63, 3.8) is 0 Å². The molecule has 0 aliphatic carbocycles. The number of alkyl halides is 3. The van der Waals surface area contributed by atoms with Gasteiger partial charge in [-0.05, 0) is 38.3 Å². The van der Waals surface area contributed by atoms with E-state index in [0.717, 1.165) is 48.7 Å². The number of piperidine rings is 1. The number of benzene rings is 1. The first-order valence-corrected chi connectivity index (χ1v) is 11.4. The minimum atomic E-state index is -4.52. The highest BCUT2D eigenvalue weighted by Crippen LogP contribution is 2.32. The maximum Gasteiger partial charge on any atom is 0.451 e. The van der Waals surface area contributed by atoms with Crippen molar-refractivity contribution in [2.45, 2.75) is 51.9 Å². The van der Waals surface area contributed by atoms with Gasteiger partial charge in [-0.1, -0.05) is 18.2 Å². The van der Waals surface area contributed by atoms with Gasteiger partial charge in [0.1, 0.15) is 5.82 Å². The third-order valence-corrected chi connectivity index (χ3v) is 6.46. The zero-order valence-electron chi connectivity index (χ0n) is 18.6. The third kappa shape index (κ3) is 4.46. The van der Waals surface area contributed by atoms with Gasteiger partial charge in [0.05, 0.1) is 17.1 Å². The molecule has 5 rings (SSSR count). The van der Waals surface area contributed by atoms with Gasteiger partial charge in [0, 0.05) is 56.5 Å². The second-order valence-electron chi connectivity index (χ2n) is 8.81. The van der Waals surface area contributed by atoms with E-state index < -0.39 is 12.0 Å². The minimum absolute atomic E-state index is 0.478. The van der Waals surface area contributed by atoms with Crippen LogP contribution >= 0.6 is 0 Å². The van der Waals surface area contributed by atoms with Gasteiger partial charge in [0.2, 0.25) is 5.82 Å². The number of anilines is 1. The number of halogens is 3. The zero-order chi connectivity index (χ0) is 23.0. The lowest BCUT2D eigenvalue weighted by Crippen LogP contribution is -2.34. The average molecular weight is 457 g/mol. The van der Waals surface area contributed by atoms with Gasteiger partial charge >= 0.3 is 6.18 Å². The van der Waals surface area contributed by atoms with E-state index in [1.165, 1.54) is 18.2 Å². The number of para-hydroxylation sites is 1. The van der Waals surface area contributed by atoms with Gasteiger partial charge in [-0.3, -0.25) is 4.90 Å². The molecule has 0 N–H and O–H groups in total. The van der Waals surface area contributed by atoms with Gasteiger partial charge in [0.25, 0.3) is 0 Å². The van der Waals surface area contributed by atoms with Crippen LogP contribution in [0, 0.1) is 6.92 Å². The Kier molecular flexibility index (Phi) is 5.82. The molecule has 0 atom stereocenters. The van der Waals surface area contributed by atoms with Crippen LogP contribution < -0.4 is 4.90 Å². The number of hydrogen-bond donors (Lipinski definition) is 0. The Morgan fingerprint density at radius 3 is 2.48 bits per heavy atom. The van der Waals surface area contributed by atoms with Crippen LogP contribution in [0.15, 0.2) is 36.5 Å². The predicted molar refractivity (Wildman–Crippen MR) is 119 cm³/mol. The molecule has 4 heterocycles. The van der Waals surface area contributed by atoms with Crippen molar-refractivity contribution in [2.24, 2.45) is 0 Å². The van der Waals surface area contributed by atoms with Crippen molar-refractivity contribution in [3.05, 3.63) is 64.9 Å². The normalized spacial score (nSPS) is 17.3. The number of hydrogen-bond acceptors (Lipinski definition) is 5. The van der Waals surface area contributed by atoms with Crippen LogP contribution in [0.5, 0.6) is 0 Å². The molecular formula is C24H27F3N6. The van der Waals surface area contributed by atoms with Crippen molar-refractivity contribution >= 4 is 5.82 Å². The van der Waals surface area contributed by atoms with Gasteiger partial charge in [0.15, 0.2) is 0 Å². The summed E-state index contributed by atoms with van der Waals surface area (Å²) in [6, 6.07) is 10.2. The molecule has 1 saturated heterocycles. The topological polar surface area (TPSA) is 50.1 Å². The number of nitrogens with zero attached hydrogens (tertiary/aromatic N) is 6. The van der Waals surface area contributed by atoms with E-state index in [4.69, 9.17) is 5.10 Å². The molecule has 0 spiro atoms. The highest BCUT2D eigenvalue weighted by molar-refractivity contribution is 5.55. The summed E-state index contributed by atoms with van der Waals surface area (Å²) in [6.07, 6.45) is 0.865. The Bertz CT molecular complexity index is 1120. The molecule has 0 unspecified atom stereocenters. The summed E-state index contributed by atoms with van der Waals surface area (Å²) in [4.78, 5) is 12.0. The SMILES string of the molecule is Cc1nn(-c2ccccc2)c(N2CCCCC2)c1CN1CCc2nc(C(F)(F)F)ncc2C1. The molecule has 2 aliphatic rings. The number of aromatic nitrogens is 4. The van der Waals surface area contributed by atoms with Gasteiger partial charge in [-0.25, -0.2) is 14.6 Å². The Balaban J connectivity index is 1.44. The molecule has 0 amide bonds. The second kappa shape index (κ2) is 8.78. The van der Waals surface area contributed by atoms with E-state index in [0.29, 0.717) is 31.7 Å². The lowest BCUT2D eigenvalue weighted by atomic mass is 10.1. The Morgan fingerprint density at radius 1 is 1.00 bits per heavy atom. The van der Waals surface area contributed by atoms with E-state index in [-0.39, 0.29) is 0 Å². The summed E-state index contributed by atoms with van der Waals surface area (Å²) < 4.78 is 41.0. The predicted octanol–water partition coefficient (Wildman–Crippen LogP) is 4.54. The standard InChI is InChI=1S/C24H27F3N6/c1-17-20(16-31-13-10-21-18(15-31)14-28-23(29-21)24(25,26)27)22(32-11-6-3-7-12-32)33(30-17)19-8-4-2-5-9-19/h2,4-5,8-9,14H,3,6-7,10-13,15-16H2,1H3. The first-order valence-electron chi connectivity index (χ1n) is 11.4. The largest absolute Gasteiger partial charge is 0.451 e. The maximum absolute atomic E-state index is 13.0. The molecule has 1 aromatic carbocycles. The minimum Gasteiger partial charge on any atom is -0.356 e. The van der Waals surface area contributed by atoms with Crippen LogP contribution in [-0.2, 0) is 25.7 Å². The molecule has 2 aromatic heterocycles. The molecule has 0 saturated carbocycles. The van der Waals surface area contributed by atoms with Crippen LogP contribution in [0.4, 0.5) is 19.0 Å². The summed E-state index contributed by atoms with van der Waals surface area (Å²) in [6.45, 7) is 5.91.